The summed E-state index contributed by atoms with van der Waals surface area (Å²) in [4.78, 5) is 0.474. The molecule has 0 amide bonds. The molecule has 1 aliphatic carbocycles. The van der Waals surface area contributed by atoms with E-state index in [-0.39, 0.29) is 0 Å². The molecular formula is C16H24N2S. The Morgan fingerprint density at radius 1 is 1.37 bits per heavy atom. The minimum atomic E-state index is 0.369. The molecule has 0 aliphatic heterocycles. The predicted octanol–water partition coefficient (Wildman–Crippen LogP) is 4.01. The van der Waals surface area contributed by atoms with E-state index < -0.39 is 0 Å². The van der Waals surface area contributed by atoms with Crippen molar-refractivity contribution < 1.29 is 0 Å². The molecule has 1 atom stereocenters. The van der Waals surface area contributed by atoms with Crippen molar-refractivity contribution in [2.24, 2.45) is 11.1 Å². The minimum absolute atomic E-state index is 0.369. The molecule has 104 valence electrons. The molecular weight excluding hydrogens is 252 g/mol. The first-order valence-electron chi connectivity index (χ1n) is 7.07. The fraction of sp³-hybridized carbons (Fsp3) is 0.562. The molecule has 3 N–H and O–H groups in total. The highest BCUT2D eigenvalue weighted by molar-refractivity contribution is 7.80. The molecule has 19 heavy (non-hydrogen) atoms. The van der Waals surface area contributed by atoms with Crippen LogP contribution in [0, 0.1) is 12.3 Å². The maximum atomic E-state index is 5.70. The predicted molar refractivity (Wildman–Crippen MR) is 86.7 cm³/mol. The normalized spacial score (nSPS) is 21.9. The van der Waals surface area contributed by atoms with Crippen LogP contribution in [-0.4, -0.2) is 11.0 Å². The Kier molecular flexibility index (Phi) is 4.14. The molecule has 0 aromatic heterocycles. The van der Waals surface area contributed by atoms with Gasteiger partial charge in [0, 0.05) is 17.3 Å². The van der Waals surface area contributed by atoms with Crippen molar-refractivity contribution in [3.63, 3.8) is 0 Å². The molecule has 0 bridgehead atoms. The summed E-state index contributed by atoms with van der Waals surface area (Å²) in [6.45, 7) is 6.78. The lowest BCUT2D eigenvalue weighted by molar-refractivity contribution is 0.217. The molecule has 0 spiro atoms. The van der Waals surface area contributed by atoms with Crippen LogP contribution < -0.4 is 11.1 Å². The van der Waals surface area contributed by atoms with Crippen LogP contribution in [-0.2, 0) is 0 Å². The zero-order valence-electron chi connectivity index (χ0n) is 12.1. The minimum Gasteiger partial charge on any atom is -0.389 e. The molecule has 2 nitrogen and oxygen atoms in total. The summed E-state index contributed by atoms with van der Waals surface area (Å²) in [6.07, 6.45) is 5.23. The third kappa shape index (κ3) is 3.27. The third-order valence-corrected chi connectivity index (χ3v) is 4.56. The van der Waals surface area contributed by atoms with E-state index in [4.69, 9.17) is 18.0 Å². The van der Waals surface area contributed by atoms with Crippen LogP contribution in [0.4, 0.5) is 5.69 Å². The van der Waals surface area contributed by atoms with E-state index >= 15 is 0 Å². The molecule has 1 fully saturated rings. The van der Waals surface area contributed by atoms with E-state index in [9.17, 15) is 0 Å². The second-order valence-corrected chi connectivity index (χ2v) is 6.77. The molecule has 0 saturated heterocycles. The van der Waals surface area contributed by atoms with Gasteiger partial charge in [-0.05, 0) is 48.9 Å². The number of benzene rings is 1. The zero-order valence-corrected chi connectivity index (χ0v) is 12.9. The lowest BCUT2D eigenvalue weighted by Gasteiger charge is -2.39. The van der Waals surface area contributed by atoms with E-state index in [0.29, 0.717) is 16.4 Å². The second-order valence-electron chi connectivity index (χ2n) is 6.33. The highest BCUT2D eigenvalue weighted by atomic mass is 32.1. The molecule has 0 heterocycles. The highest BCUT2D eigenvalue weighted by Crippen LogP contribution is 2.37. The summed E-state index contributed by atoms with van der Waals surface area (Å²) >= 11 is 5.05. The van der Waals surface area contributed by atoms with Gasteiger partial charge in [-0.3, -0.25) is 0 Å². The Morgan fingerprint density at radius 2 is 2.11 bits per heavy atom. The van der Waals surface area contributed by atoms with Crippen LogP contribution in [0.15, 0.2) is 18.2 Å². The number of anilines is 1. The average Bonchev–Trinajstić information content (AvgIpc) is 2.31. The molecule has 0 radical (unpaired) electrons. The van der Waals surface area contributed by atoms with E-state index in [1.807, 2.05) is 6.07 Å². The van der Waals surface area contributed by atoms with Gasteiger partial charge in [0.1, 0.15) is 4.99 Å². The molecule has 1 aliphatic rings. The van der Waals surface area contributed by atoms with Gasteiger partial charge in [0.15, 0.2) is 0 Å². The van der Waals surface area contributed by atoms with E-state index in [1.54, 1.807) is 0 Å². The fourth-order valence-electron chi connectivity index (χ4n) is 2.99. The number of rotatable bonds is 3. The van der Waals surface area contributed by atoms with Crippen molar-refractivity contribution in [3.8, 4) is 0 Å². The van der Waals surface area contributed by atoms with Crippen LogP contribution >= 0.6 is 12.2 Å². The van der Waals surface area contributed by atoms with Gasteiger partial charge in [-0.2, -0.15) is 0 Å². The largest absolute Gasteiger partial charge is 0.389 e. The number of thiocarbonyl (C=S) groups is 1. The SMILES string of the molecule is Cc1cc(NC2CCCCC2(C)C)ccc1C(N)=S. The Hall–Kier alpha value is -1.09. The number of hydrogen-bond donors (Lipinski definition) is 2. The summed E-state index contributed by atoms with van der Waals surface area (Å²) in [5.41, 5.74) is 9.37. The summed E-state index contributed by atoms with van der Waals surface area (Å²) in [6, 6.07) is 6.82. The third-order valence-electron chi connectivity index (χ3n) is 4.34. The zero-order chi connectivity index (χ0) is 14.0. The van der Waals surface area contributed by atoms with E-state index in [0.717, 1.165) is 11.1 Å². The van der Waals surface area contributed by atoms with Crippen LogP contribution in [0.25, 0.3) is 0 Å². The van der Waals surface area contributed by atoms with Gasteiger partial charge in [-0.1, -0.05) is 38.9 Å². The smallest absolute Gasteiger partial charge is 0.104 e. The van der Waals surface area contributed by atoms with Gasteiger partial charge in [-0.15, -0.1) is 0 Å². The standard InChI is InChI=1S/C16H24N2S/c1-11-10-12(7-8-13(11)15(17)19)18-14-6-4-5-9-16(14,2)3/h7-8,10,14,18H,4-6,9H2,1-3H3,(H2,17,19). The highest BCUT2D eigenvalue weighted by Gasteiger charge is 2.31. The molecule has 1 aromatic carbocycles. The Balaban J connectivity index is 2.15. The second kappa shape index (κ2) is 5.49. The van der Waals surface area contributed by atoms with Crippen LogP contribution in [0.2, 0.25) is 0 Å². The van der Waals surface area contributed by atoms with Crippen LogP contribution in [0.1, 0.15) is 50.7 Å². The summed E-state index contributed by atoms with van der Waals surface area (Å²) < 4.78 is 0. The van der Waals surface area contributed by atoms with Crippen LogP contribution in [0.5, 0.6) is 0 Å². The van der Waals surface area contributed by atoms with Gasteiger partial charge >= 0.3 is 0 Å². The Bertz CT molecular complexity index is 480. The first kappa shape index (κ1) is 14.3. The first-order chi connectivity index (χ1) is 8.90. The quantitative estimate of drug-likeness (QED) is 0.819. The van der Waals surface area contributed by atoms with E-state index in [1.165, 1.54) is 31.4 Å². The lowest BCUT2D eigenvalue weighted by Crippen LogP contribution is -2.38. The molecule has 1 saturated carbocycles. The van der Waals surface area contributed by atoms with Gasteiger partial charge in [-0.25, -0.2) is 0 Å². The number of nitrogens with one attached hydrogen (secondary N) is 1. The number of aryl methyl sites for hydroxylation is 1. The van der Waals surface area contributed by atoms with Crippen molar-refractivity contribution in [1.29, 1.82) is 0 Å². The molecule has 2 rings (SSSR count). The van der Waals surface area contributed by atoms with Crippen LogP contribution in [0.3, 0.4) is 0 Å². The summed E-state index contributed by atoms with van der Waals surface area (Å²) in [5.74, 6) is 0. The number of hydrogen-bond acceptors (Lipinski definition) is 2. The van der Waals surface area contributed by atoms with Gasteiger partial charge in [0.25, 0.3) is 0 Å². The van der Waals surface area contributed by atoms with Crippen molar-refractivity contribution in [2.75, 3.05) is 5.32 Å². The molecule has 1 aromatic rings. The van der Waals surface area contributed by atoms with Crippen molar-refractivity contribution in [2.45, 2.75) is 52.5 Å². The first-order valence-corrected chi connectivity index (χ1v) is 7.48. The fourth-order valence-corrected chi connectivity index (χ4v) is 3.22. The molecule has 3 heteroatoms. The monoisotopic (exact) mass is 276 g/mol. The summed E-state index contributed by atoms with van der Waals surface area (Å²) in [5, 5.41) is 3.69. The molecule has 1 unspecified atom stereocenters. The van der Waals surface area contributed by atoms with Crippen molar-refractivity contribution in [1.82, 2.24) is 0 Å². The maximum absolute atomic E-state index is 5.70. The van der Waals surface area contributed by atoms with Gasteiger partial charge < -0.3 is 11.1 Å². The lowest BCUT2D eigenvalue weighted by atomic mass is 9.73. The Morgan fingerprint density at radius 3 is 2.68 bits per heavy atom. The van der Waals surface area contributed by atoms with E-state index in [2.05, 4.69) is 38.2 Å². The van der Waals surface area contributed by atoms with Gasteiger partial charge in [0.2, 0.25) is 0 Å². The summed E-state index contributed by atoms with van der Waals surface area (Å²) in [7, 11) is 0. The maximum Gasteiger partial charge on any atom is 0.104 e. The van der Waals surface area contributed by atoms with Crippen molar-refractivity contribution >= 4 is 22.9 Å². The average molecular weight is 276 g/mol. The number of nitrogens with two attached hydrogens (primary N) is 1. The van der Waals surface area contributed by atoms with Gasteiger partial charge in [0.05, 0.1) is 0 Å². The topological polar surface area (TPSA) is 38.0 Å². The van der Waals surface area contributed by atoms with Crippen molar-refractivity contribution in [3.05, 3.63) is 29.3 Å². The Labute approximate surface area is 121 Å².